The van der Waals surface area contributed by atoms with Gasteiger partial charge in [0.25, 0.3) is 0 Å². The number of fused-ring (bicyclic) bond motifs is 1. The Morgan fingerprint density at radius 1 is 1.07 bits per heavy atom. The Balaban J connectivity index is 1.68. The minimum atomic E-state index is -3.52. The summed E-state index contributed by atoms with van der Waals surface area (Å²) in [6.45, 7) is 4.51. The molecular formula is C19H21N3O3S2. The molecule has 8 heteroatoms. The maximum atomic E-state index is 12.5. The monoisotopic (exact) mass is 403 g/mol. The number of nitrogens with one attached hydrogen (secondary N) is 1. The van der Waals surface area contributed by atoms with Crippen LogP contribution in [0, 0.1) is 0 Å². The molecule has 0 radical (unpaired) electrons. The number of aromatic nitrogens is 1. The van der Waals surface area contributed by atoms with Crippen LogP contribution in [0.3, 0.4) is 0 Å². The van der Waals surface area contributed by atoms with Crippen molar-refractivity contribution in [3.05, 3.63) is 54.1 Å². The molecule has 1 aromatic heterocycles. The number of Topliss-reactive ketones (excluding diaryl/α,β-unsaturated/α-hetero) is 1. The lowest BCUT2D eigenvalue weighted by Gasteiger charge is -2.18. The van der Waals surface area contributed by atoms with Gasteiger partial charge < -0.3 is 5.32 Å². The van der Waals surface area contributed by atoms with Crippen molar-refractivity contribution in [3.8, 4) is 0 Å². The average Bonchev–Trinajstić information content (AvgIpc) is 3.10. The van der Waals surface area contributed by atoms with E-state index in [1.165, 1.54) is 27.8 Å². The normalized spacial score (nSPS) is 11.8. The summed E-state index contributed by atoms with van der Waals surface area (Å²) in [5.74, 6) is -0.124. The topological polar surface area (TPSA) is 79.4 Å². The van der Waals surface area contributed by atoms with Gasteiger partial charge in [0, 0.05) is 18.7 Å². The molecule has 27 heavy (non-hydrogen) atoms. The molecule has 1 heterocycles. The highest BCUT2D eigenvalue weighted by atomic mass is 32.2. The number of thiazole rings is 1. The second-order valence-corrected chi connectivity index (χ2v) is 8.85. The molecule has 0 aliphatic heterocycles. The smallest absolute Gasteiger partial charge is 0.243 e. The third-order valence-corrected chi connectivity index (χ3v) is 7.27. The molecule has 0 amide bonds. The van der Waals surface area contributed by atoms with Crippen molar-refractivity contribution in [2.75, 3.05) is 25.0 Å². The van der Waals surface area contributed by atoms with Gasteiger partial charge in [0.05, 0.1) is 21.7 Å². The molecule has 0 unspecified atom stereocenters. The predicted octanol–water partition coefficient (Wildman–Crippen LogP) is 3.62. The first-order valence-electron chi connectivity index (χ1n) is 8.68. The fraction of sp³-hybridized carbons (Fsp3) is 0.263. The number of carbonyl (C=O) groups is 1. The number of hydrogen-bond donors (Lipinski definition) is 1. The van der Waals surface area contributed by atoms with Gasteiger partial charge in [-0.3, -0.25) is 4.79 Å². The minimum Gasteiger partial charge on any atom is -0.354 e. The Bertz CT molecular complexity index is 1010. The molecule has 0 atom stereocenters. The fourth-order valence-corrected chi connectivity index (χ4v) is 5.05. The fourth-order valence-electron chi connectivity index (χ4n) is 2.73. The van der Waals surface area contributed by atoms with Crippen molar-refractivity contribution in [1.82, 2.24) is 9.29 Å². The lowest BCUT2D eigenvalue weighted by molar-refractivity contribution is 0.101. The van der Waals surface area contributed by atoms with Gasteiger partial charge >= 0.3 is 0 Å². The van der Waals surface area contributed by atoms with Crippen LogP contribution in [0.25, 0.3) is 10.2 Å². The molecule has 0 saturated heterocycles. The third kappa shape index (κ3) is 4.18. The number of carbonyl (C=O) groups excluding carboxylic acids is 1. The summed E-state index contributed by atoms with van der Waals surface area (Å²) in [5.41, 5.74) is 1.35. The zero-order valence-corrected chi connectivity index (χ0v) is 16.8. The summed E-state index contributed by atoms with van der Waals surface area (Å²) in [5, 5.41) is 3.73. The van der Waals surface area contributed by atoms with Gasteiger partial charge in [-0.25, -0.2) is 13.4 Å². The molecule has 0 aliphatic carbocycles. The first kappa shape index (κ1) is 19.5. The maximum absolute atomic E-state index is 12.5. The Hall–Kier alpha value is -2.29. The maximum Gasteiger partial charge on any atom is 0.243 e. The Kier molecular flexibility index (Phi) is 5.88. The Morgan fingerprint density at radius 2 is 1.74 bits per heavy atom. The van der Waals surface area contributed by atoms with Gasteiger partial charge in [0.15, 0.2) is 10.9 Å². The zero-order chi connectivity index (χ0) is 19.4. The number of hydrogen-bond acceptors (Lipinski definition) is 6. The largest absolute Gasteiger partial charge is 0.354 e. The van der Waals surface area contributed by atoms with Gasteiger partial charge in [-0.15, -0.1) is 0 Å². The summed E-state index contributed by atoms with van der Waals surface area (Å²) in [6, 6.07) is 13.9. The van der Waals surface area contributed by atoms with Gasteiger partial charge in [-0.05, 0) is 36.4 Å². The van der Waals surface area contributed by atoms with Crippen molar-refractivity contribution in [1.29, 1.82) is 0 Å². The second kappa shape index (κ2) is 8.16. The van der Waals surface area contributed by atoms with E-state index in [9.17, 15) is 13.2 Å². The first-order chi connectivity index (χ1) is 13.0. The van der Waals surface area contributed by atoms with Crippen molar-refractivity contribution >= 4 is 42.5 Å². The molecule has 2 aromatic carbocycles. The minimum absolute atomic E-state index is 0.0992. The summed E-state index contributed by atoms with van der Waals surface area (Å²) in [6.07, 6.45) is 0. The van der Waals surface area contributed by atoms with Gasteiger partial charge in [0.1, 0.15) is 0 Å². The molecule has 3 rings (SSSR count). The standard InChI is InChI=1S/C19H21N3O3S2/c1-3-22(4-2)27(24,25)15-11-9-14(10-12-15)17(23)13-20-19-21-16-7-5-6-8-18(16)26-19/h5-12H,3-4,13H2,1-2H3,(H,20,21). The molecule has 0 fully saturated rings. The lowest BCUT2D eigenvalue weighted by atomic mass is 10.1. The van der Waals surface area contributed by atoms with Crippen molar-refractivity contribution in [2.24, 2.45) is 0 Å². The number of sulfonamides is 1. The molecule has 1 N–H and O–H groups in total. The predicted molar refractivity (Wildman–Crippen MR) is 109 cm³/mol. The summed E-state index contributed by atoms with van der Waals surface area (Å²) in [7, 11) is -3.52. The number of benzene rings is 2. The van der Waals surface area contributed by atoms with Gasteiger partial charge in [-0.1, -0.05) is 37.3 Å². The van der Waals surface area contributed by atoms with E-state index >= 15 is 0 Å². The molecule has 0 saturated carbocycles. The highest BCUT2D eigenvalue weighted by molar-refractivity contribution is 7.89. The van der Waals surface area contributed by atoms with Crippen LogP contribution < -0.4 is 5.32 Å². The number of anilines is 1. The van der Waals surface area contributed by atoms with Crippen LogP contribution >= 0.6 is 11.3 Å². The van der Waals surface area contributed by atoms with E-state index < -0.39 is 10.0 Å². The molecule has 142 valence electrons. The summed E-state index contributed by atoms with van der Waals surface area (Å²) >= 11 is 1.49. The van der Waals surface area contributed by atoms with E-state index in [0.29, 0.717) is 23.8 Å². The van der Waals surface area contributed by atoms with Crippen LogP contribution in [0.4, 0.5) is 5.13 Å². The second-order valence-electron chi connectivity index (χ2n) is 5.88. The van der Waals surface area contributed by atoms with Gasteiger partial charge in [0.2, 0.25) is 10.0 Å². The highest BCUT2D eigenvalue weighted by Crippen LogP contribution is 2.25. The molecule has 6 nitrogen and oxygen atoms in total. The number of nitrogens with zero attached hydrogens (tertiary/aromatic N) is 2. The van der Waals surface area contributed by atoms with E-state index in [1.54, 1.807) is 26.0 Å². The average molecular weight is 404 g/mol. The van der Waals surface area contributed by atoms with E-state index in [-0.39, 0.29) is 17.2 Å². The van der Waals surface area contributed by atoms with Crippen molar-refractivity contribution < 1.29 is 13.2 Å². The van der Waals surface area contributed by atoms with Crippen LogP contribution in [-0.2, 0) is 10.0 Å². The molecule has 0 bridgehead atoms. The molecule has 3 aromatic rings. The van der Waals surface area contributed by atoms with Crippen LogP contribution in [0.5, 0.6) is 0 Å². The van der Waals surface area contributed by atoms with Crippen molar-refractivity contribution in [2.45, 2.75) is 18.7 Å². The third-order valence-electron chi connectivity index (χ3n) is 4.21. The Morgan fingerprint density at radius 3 is 2.37 bits per heavy atom. The summed E-state index contributed by atoms with van der Waals surface area (Å²) < 4.78 is 27.4. The van der Waals surface area contributed by atoms with Crippen LogP contribution in [0.15, 0.2) is 53.4 Å². The quantitative estimate of drug-likeness (QED) is 0.581. The van der Waals surface area contributed by atoms with E-state index in [2.05, 4.69) is 10.3 Å². The van der Waals surface area contributed by atoms with E-state index in [1.807, 2.05) is 24.3 Å². The molecule has 0 spiro atoms. The lowest BCUT2D eigenvalue weighted by Crippen LogP contribution is -2.30. The molecular weight excluding hydrogens is 382 g/mol. The van der Waals surface area contributed by atoms with Crippen LogP contribution in [0.1, 0.15) is 24.2 Å². The molecule has 0 aliphatic rings. The highest BCUT2D eigenvalue weighted by Gasteiger charge is 2.21. The SMILES string of the molecule is CCN(CC)S(=O)(=O)c1ccc(C(=O)CNc2nc3ccccc3s2)cc1. The Labute approximate surface area is 162 Å². The summed E-state index contributed by atoms with van der Waals surface area (Å²) in [4.78, 5) is 17.0. The number of para-hydroxylation sites is 1. The van der Waals surface area contributed by atoms with E-state index in [0.717, 1.165) is 10.2 Å². The zero-order valence-electron chi connectivity index (χ0n) is 15.2. The van der Waals surface area contributed by atoms with E-state index in [4.69, 9.17) is 0 Å². The van der Waals surface area contributed by atoms with Gasteiger partial charge in [-0.2, -0.15) is 4.31 Å². The number of ketones is 1. The number of rotatable bonds is 8. The first-order valence-corrected chi connectivity index (χ1v) is 10.9. The van der Waals surface area contributed by atoms with Crippen molar-refractivity contribution in [3.63, 3.8) is 0 Å². The van der Waals surface area contributed by atoms with Crippen LogP contribution in [-0.4, -0.2) is 43.1 Å². The van der Waals surface area contributed by atoms with Crippen LogP contribution in [0.2, 0.25) is 0 Å².